The minimum Gasteiger partial charge on any atom is -0.497 e. The van der Waals surface area contributed by atoms with E-state index in [1.54, 1.807) is 12.0 Å². The number of nitrogens with zero attached hydrogens (tertiary/aromatic N) is 3. The Kier molecular flexibility index (Phi) is 6.25. The lowest BCUT2D eigenvalue weighted by molar-refractivity contribution is -0.207. The van der Waals surface area contributed by atoms with Crippen molar-refractivity contribution < 1.29 is 32.2 Å². The predicted molar refractivity (Wildman–Crippen MR) is 105 cm³/mol. The van der Waals surface area contributed by atoms with E-state index in [0.29, 0.717) is 5.75 Å². The summed E-state index contributed by atoms with van der Waals surface area (Å²) in [7, 11) is 2.73. The lowest BCUT2D eigenvalue weighted by Crippen LogP contribution is -2.35. The van der Waals surface area contributed by atoms with E-state index in [1.165, 1.54) is 14.0 Å². The molecule has 1 aliphatic rings. The zero-order valence-electron chi connectivity index (χ0n) is 17.8. The van der Waals surface area contributed by atoms with Gasteiger partial charge < -0.3 is 24.4 Å². The van der Waals surface area contributed by atoms with Crippen LogP contribution >= 0.6 is 0 Å². The first kappa shape index (κ1) is 22.6. The van der Waals surface area contributed by atoms with Crippen LogP contribution in [-0.4, -0.2) is 43.1 Å². The molecule has 1 aliphatic heterocycles. The number of alkyl carbamates (subject to hydrolysis) is 1. The zero-order valence-corrected chi connectivity index (χ0v) is 17.8. The minimum atomic E-state index is -4.88. The molecule has 1 aromatic carbocycles. The molecule has 1 amide bonds. The average molecular weight is 440 g/mol. The molecule has 2 heterocycles. The van der Waals surface area contributed by atoms with Gasteiger partial charge in [0.05, 0.1) is 19.4 Å². The highest BCUT2D eigenvalue weighted by molar-refractivity contribution is 5.72. The van der Waals surface area contributed by atoms with Gasteiger partial charge in [0, 0.05) is 12.6 Å². The summed E-state index contributed by atoms with van der Waals surface area (Å²) in [6.07, 6.45) is -8.66. The van der Waals surface area contributed by atoms with E-state index in [9.17, 15) is 18.0 Å². The third-order valence-electron chi connectivity index (χ3n) is 4.80. The van der Waals surface area contributed by atoms with Crippen LogP contribution in [0.5, 0.6) is 5.75 Å². The number of carbonyl (C=O) groups is 1. The van der Waals surface area contributed by atoms with Crippen LogP contribution in [0.25, 0.3) is 0 Å². The Bertz CT molecular complexity index is 974. The summed E-state index contributed by atoms with van der Waals surface area (Å²) < 4.78 is 56.9. The molecular weight excluding hydrogens is 417 g/mol. The Balaban J connectivity index is 2.18. The van der Waals surface area contributed by atoms with Crippen molar-refractivity contribution in [3.8, 4) is 5.75 Å². The normalized spacial score (nSPS) is 14.6. The standard InChI is InChI=1S/C20H23F3N4O4/c1-10-6-13(29-5)7-11(2)16(10)27-9-30-8-14-15(25-12(3)26-18(14)27)17(20(21,22)23)31-19(28)24-4/h6-7,17H,8-9H2,1-5H3,(H,24,28). The molecule has 2 aromatic rings. The van der Waals surface area contributed by atoms with Gasteiger partial charge in [-0.15, -0.1) is 0 Å². The van der Waals surface area contributed by atoms with E-state index >= 15 is 0 Å². The van der Waals surface area contributed by atoms with E-state index in [-0.39, 0.29) is 30.5 Å². The van der Waals surface area contributed by atoms with E-state index in [2.05, 4.69) is 14.7 Å². The second-order valence-electron chi connectivity index (χ2n) is 7.05. The number of ether oxygens (including phenoxy) is 3. The van der Waals surface area contributed by atoms with Crippen LogP contribution in [0.4, 0.5) is 29.5 Å². The number of hydrogen-bond acceptors (Lipinski definition) is 7. The zero-order chi connectivity index (χ0) is 22.9. The number of alkyl halides is 3. The summed E-state index contributed by atoms with van der Waals surface area (Å²) in [6.45, 7) is 5.14. The average Bonchev–Trinajstić information content (AvgIpc) is 2.70. The Morgan fingerprint density at radius 1 is 1.23 bits per heavy atom. The third-order valence-corrected chi connectivity index (χ3v) is 4.80. The van der Waals surface area contributed by atoms with Gasteiger partial charge in [-0.05, 0) is 44.0 Å². The molecule has 1 N–H and O–H groups in total. The first-order chi connectivity index (χ1) is 14.6. The maximum absolute atomic E-state index is 13.8. The van der Waals surface area contributed by atoms with Gasteiger partial charge in [0.2, 0.25) is 6.10 Å². The van der Waals surface area contributed by atoms with Gasteiger partial charge in [0.1, 0.15) is 29.8 Å². The highest BCUT2D eigenvalue weighted by atomic mass is 19.4. The fourth-order valence-corrected chi connectivity index (χ4v) is 3.55. The van der Waals surface area contributed by atoms with Gasteiger partial charge in [0.25, 0.3) is 0 Å². The van der Waals surface area contributed by atoms with Crippen LogP contribution in [0.15, 0.2) is 12.1 Å². The van der Waals surface area contributed by atoms with Crippen molar-refractivity contribution in [3.05, 3.63) is 40.3 Å². The summed E-state index contributed by atoms with van der Waals surface area (Å²) in [5, 5.41) is 2.03. The van der Waals surface area contributed by atoms with Gasteiger partial charge in [0.15, 0.2) is 0 Å². The van der Waals surface area contributed by atoms with Gasteiger partial charge in [-0.3, -0.25) is 0 Å². The van der Waals surface area contributed by atoms with E-state index in [1.807, 2.05) is 31.3 Å². The van der Waals surface area contributed by atoms with Crippen molar-refractivity contribution in [2.24, 2.45) is 0 Å². The fourth-order valence-electron chi connectivity index (χ4n) is 3.55. The number of fused-ring (bicyclic) bond motifs is 1. The van der Waals surface area contributed by atoms with Gasteiger partial charge >= 0.3 is 12.3 Å². The van der Waals surface area contributed by atoms with Crippen molar-refractivity contribution in [3.63, 3.8) is 0 Å². The lowest BCUT2D eigenvalue weighted by atomic mass is 10.0. The number of rotatable bonds is 4. The van der Waals surface area contributed by atoms with Crippen LogP contribution in [0.2, 0.25) is 0 Å². The molecule has 0 saturated heterocycles. The molecule has 1 unspecified atom stereocenters. The summed E-state index contributed by atoms with van der Waals surface area (Å²) >= 11 is 0. The number of benzene rings is 1. The first-order valence-electron chi connectivity index (χ1n) is 9.39. The van der Waals surface area contributed by atoms with Crippen molar-refractivity contribution in [2.45, 2.75) is 39.7 Å². The summed E-state index contributed by atoms with van der Waals surface area (Å²) in [6, 6.07) is 3.64. The quantitative estimate of drug-likeness (QED) is 0.769. The molecule has 11 heteroatoms. The fraction of sp³-hybridized carbons (Fsp3) is 0.450. The number of anilines is 2. The molecule has 0 saturated carbocycles. The van der Waals surface area contributed by atoms with Crippen LogP contribution in [0.1, 0.15) is 34.3 Å². The number of amides is 1. The molecule has 0 spiro atoms. The minimum absolute atomic E-state index is 0.0872. The molecule has 0 radical (unpaired) electrons. The number of aromatic nitrogens is 2. The molecule has 0 aliphatic carbocycles. The molecule has 31 heavy (non-hydrogen) atoms. The van der Waals surface area contributed by atoms with Crippen LogP contribution in [0, 0.1) is 20.8 Å². The number of methoxy groups -OCH3 is 1. The van der Waals surface area contributed by atoms with Crippen molar-refractivity contribution >= 4 is 17.6 Å². The van der Waals surface area contributed by atoms with Gasteiger partial charge in [-0.2, -0.15) is 13.2 Å². The molecular formula is C20H23F3N4O4. The molecule has 8 nitrogen and oxygen atoms in total. The summed E-state index contributed by atoms with van der Waals surface area (Å²) in [5.41, 5.74) is 2.06. The summed E-state index contributed by atoms with van der Waals surface area (Å²) in [5.74, 6) is 1.05. The lowest BCUT2D eigenvalue weighted by Gasteiger charge is -2.34. The SMILES string of the molecule is CNC(=O)OC(c1nc(C)nc2c1COCN2c1c(C)cc(OC)cc1C)C(F)(F)F. The van der Waals surface area contributed by atoms with Crippen LogP contribution in [-0.2, 0) is 16.1 Å². The number of nitrogens with one attached hydrogen (secondary N) is 1. The Hall–Kier alpha value is -3.08. The molecule has 0 fully saturated rings. The second-order valence-corrected chi connectivity index (χ2v) is 7.05. The monoisotopic (exact) mass is 440 g/mol. The summed E-state index contributed by atoms with van der Waals surface area (Å²) in [4.78, 5) is 21.7. The van der Waals surface area contributed by atoms with E-state index in [0.717, 1.165) is 16.8 Å². The molecule has 1 aromatic heterocycles. The Morgan fingerprint density at radius 2 is 1.87 bits per heavy atom. The highest BCUT2D eigenvalue weighted by Gasteiger charge is 2.47. The Morgan fingerprint density at radius 3 is 2.42 bits per heavy atom. The van der Waals surface area contributed by atoms with E-state index in [4.69, 9.17) is 9.47 Å². The van der Waals surface area contributed by atoms with Crippen LogP contribution < -0.4 is 15.0 Å². The Labute approximate surface area is 177 Å². The number of hydrogen-bond donors (Lipinski definition) is 1. The van der Waals surface area contributed by atoms with Crippen LogP contribution in [0.3, 0.4) is 0 Å². The molecule has 0 bridgehead atoms. The van der Waals surface area contributed by atoms with Gasteiger partial charge in [-0.25, -0.2) is 14.8 Å². The topological polar surface area (TPSA) is 85.8 Å². The molecule has 3 rings (SSSR count). The second kappa shape index (κ2) is 8.58. The molecule has 168 valence electrons. The highest BCUT2D eigenvalue weighted by Crippen LogP contribution is 2.42. The molecule has 1 atom stereocenters. The maximum Gasteiger partial charge on any atom is 0.431 e. The first-order valence-corrected chi connectivity index (χ1v) is 9.39. The maximum atomic E-state index is 13.8. The largest absolute Gasteiger partial charge is 0.497 e. The van der Waals surface area contributed by atoms with E-state index < -0.39 is 24.1 Å². The number of halogens is 3. The van der Waals surface area contributed by atoms with Crippen molar-refractivity contribution in [1.29, 1.82) is 0 Å². The third kappa shape index (κ3) is 4.50. The predicted octanol–water partition coefficient (Wildman–Crippen LogP) is 4.00. The van der Waals surface area contributed by atoms with Crippen molar-refractivity contribution in [2.75, 3.05) is 25.8 Å². The smallest absolute Gasteiger partial charge is 0.431 e. The van der Waals surface area contributed by atoms with Crippen molar-refractivity contribution in [1.82, 2.24) is 15.3 Å². The number of carbonyl (C=O) groups excluding carboxylic acids is 1. The van der Waals surface area contributed by atoms with Gasteiger partial charge in [-0.1, -0.05) is 0 Å². The number of aryl methyl sites for hydroxylation is 3.